The number of benzene rings is 2. The molecule has 0 amide bonds. The Bertz CT molecular complexity index is 1060. The van der Waals surface area contributed by atoms with Gasteiger partial charge in [0.1, 0.15) is 5.69 Å². The largest absolute Gasteiger partial charge is 0.466 e. The van der Waals surface area contributed by atoms with Crippen LogP contribution in [0, 0.1) is 0 Å². The Morgan fingerprint density at radius 2 is 2.00 bits per heavy atom. The maximum absolute atomic E-state index is 11.8. The van der Waals surface area contributed by atoms with Crippen molar-refractivity contribution in [1.82, 2.24) is 9.97 Å². The highest BCUT2D eigenvalue weighted by atomic mass is 16.5. The Balaban J connectivity index is 1.79. The Kier molecular flexibility index (Phi) is 5.46. The molecule has 1 aromatic heterocycles. The van der Waals surface area contributed by atoms with Gasteiger partial charge in [-0.3, -0.25) is 14.9 Å². The zero-order chi connectivity index (χ0) is 19.2. The zero-order valence-corrected chi connectivity index (χ0v) is 14.8. The first-order valence-corrected chi connectivity index (χ1v) is 8.44. The molecule has 2 aromatic carbocycles. The number of ether oxygens (including phenoxy) is 1. The molecular formula is C19H20N5O3+. The molecule has 5 N–H and O–H groups in total. The number of hydrogen-bond donors (Lipinski definition) is 4. The van der Waals surface area contributed by atoms with Gasteiger partial charge in [0.05, 0.1) is 18.7 Å². The summed E-state index contributed by atoms with van der Waals surface area (Å²) in [5.74, 6) is -0.137. The molecule has 8 heteroatoms. The van der Waals surface area contributed by atoms with Gasteiger partial charge in [-0.1, -0.05) is 30.3 Å². The fourth-order valence-corrected chi connectivity index (χ4v) is 2.60. The van der Waals surface area contributed by atoms with Gasteiger partial charge in [-0.05, 0) is 29.8 Å². The lowest BCUT2D eigenvalue weighted by Crippen LogP contribution is -2.73. The summed E-state index contributed by atoms with van der Waals surface area (Å²) in [5, 5.41) is 5.20. The monoisotopic (exact) mass is 366 g/mol. The van der Waals surface area contributed by atoms with Gasteiger partial charge in [-0.15, -0.1) is 4.98 Å². The fourth-order valence-electron chi connectivity index (χ4n) is 2.60. The number of carbonyl (C=O) groups excluding carboxylic acids is 1. The Morgan fingerprint density at radius 1 is 1.22 bits per heavy atom. The third-order valence-corrected chi connectivity index (χ3v) is 3.71. The molecule has 0 atom stereocenters. The summed E-state index contributed by atoms with van der Waals surface area (Å²) < 4.78 is 4.87. The predicted molar refractivity (Wildman–Crippen MR) is 103 cm³/mol. The van der Waals surface area contributed by atoms with E-state index in [4.69, 9.17) is 10.5 Å². The molecule has 3 rings (SSSR count). The zero-order valence-electron chi connectivity index (χ0n) is 14.8. The van der Waals surface area contributed by atoms with Crippen LogP contribution in [0.15, 0.2) is 53.3 Å². The molecule has 0 saturated heterocycles. The minimum atomic E-state index is -0.451. The lowest BCUT2D eigenvalue weighted by Gasteiger charge is -2.04. The van der Waals surface area contributed by atoms with E-state index >= 15 is 0 Å². The number of nitrogens with zero attached hydrogens (tertiary/aromatic N) is 1. The first-order chi connectivity index (χ1) is 13.0. The van der Waals surface area contributed by atoms with E-state index in [1.54, 1.807) is 6.92 Å². The summed E-state index contributed by atoms with van der Waals surface area (Å²) in [4.78, 5) is 32.8. The number of carbonyl (C=O) groups is 1. The number of rotatable bonds is 5. The lowest BCUT2D eigenvalue weighted by atomic mass is 10.1. The fraction of sp³-hybridized carbons (Fsp3) is 0.158. The summed E-state index contributed by atoms with van der Waals surface area (Å²) in [6.07, 6.45) is -0.0928. The van der Waals surface area contributed by atoms with Crippen molar-refractivity contribution in [3.8, 4) is 0 Å². The number of nitrogens with one attached hydrogen (secondary N) is 3. The third-order valence-electron chi connectivity index (χ3n) is 3.71. The van der Waals surface area contributed by atoms with Gasteiger partial charge in [0, 0.05) is 6.07 Å². The number of H-pyrrole nitrogens is 1. The molecule has 138 valence electrons. The van der Waals surface area contributed by atoms with Gasteiger partial charge >= 0.3 is 11.9 Å². The summed E-state index contributed by atoms with van der Waals surface area (Å²) in [7, 11) is 0. The molecule has 0 radical (unpaired) electrons. The molecule has 0 bridgehead atoms. The minimum Gasteiger partial charge on any atom is -0.466 e. The van der Waals surface area contributed by atoms with Gasteiger partial charge in [0.15, 0.2) is 0 Å². The molecule has 0 unspecified atom stereocenters. The van der Waals surface area contributed by atoms with E-state index in [1.807, 2.05) is 42.5 Å². The van der Waals surface area contributed by atoms with Crippen molar-refractivity contribution in [2.24, 2.45) is 5.73 Å². The van der Waals surface area contributed by atoms with Crippen molar-refractivity contribution >= 4 is 34.3 Å². The predicted octanol–water partition coefficient (Wildman–Crippen LogP) is 0.168. The molecular weight excluding hydrogens is 346 g/mol. The number of esters is 1. The van der Waals surface area contributed by atoms with Crippen molar-refractivity contribution in [3.63, 3.8) is 0 Å². The van der Waals surface area contributed by atoms with Gasteiger partial charge in [0.2, 0.25) is 0 Å². The smallest absolute Gasteiger partial charge is 0.325 e. The number of aromatic amines is 1. The van der Waals surface area contributed by atoms with E-state index in [-0.39, 0.29) is 24.9 Å². The second kappa shape index (κ2) is 8.13. The van der Waals surface area contributed by atoms with Crippen LogP contribution in [0.4, 0.5) is 11.6 Å². The van der Waals surface area contributed by atoms with Crippen LogP contribution in [0.5, 0.6) is 0 Å². The second-order valence-corrected chi connectivity index (χ2v) is 5.79. The summed E-state index contributed by atoms with van der Waals surface area (Å²) in [6.45, 7) is 1.98. The molecule has 0 aliphatic heterocycles. The third kappa shape index (κ3) is 4.91. The number of fused-ring (bicyclic) bond motifs is 1. The van der Waals surface area contributed by atoms with E-state index in [9.17, 15) is 9.59 Å². The number of aromatic nitrogens is 2. The molecule has 3 aromatic rings. The average Bonchev–Trinajstić information content (AvgIpc) is 2.61. The van der Waals surface area contributed by atoms with Gasteiger partial charge < -0.3 is 10.5 Å². The van der Waals surface area contributed by atoms with Crippen molar-refractivity contribution in [2.45, 2.75) is 13.3 Å². The van der Waals surface area contributed by atoms with Crippen molar-refractivity contribution < 1.29 is 14.5 Å². The van der Waals surface area contributed by atoms with Crippen LogP contribution in [0.25, 0.3) is 10.8 Å². The Hall–Kier alpha value is -3.68. The summed E-state index contributed by atoms with van der Waals surface area (Å²) in [6, 6.07) is 15.0. The van der Waals surface area contributed by atoms with Crippen LogP contribution in [0.2, 0.25) is 0 Å². The van der Waals surface area contributed by atoms with E-state index in [2.05, 4.69) is 20.3 Å². The highest BCUT2D eigenvalue weighted by Crippen LogP contribution is 2.18. The molecule has 27 heavy (non-hydrogen) atoms. The van der Waals surface area contributed by atoms with Crippen LogP contribution in [0.3, 0.4) is 0 Å². The highest BCUT2D eigenvalue weighted by Gasteiger charge is 2.11. The van der Waals surface area contributed by atoms with E-state index < -0.39 is 11.5 Å². The summed E-state index contributed by atoms with van der Waals surface area (Å²) in [5.41, 5.74) is 6.65. The van der Waals surface area contributed by atoms with Gasteiger partial charge in [0.25, 0.3) is 11.5 Å². The summed E-state index contributed by atoms with van der Waals surface area (Å²) >= 11 is 0. The standard InChI is InChI=1S/C19H19N5O3/c1-2-27-17(26)11-15-10-16(25)23-19(22-15)24-18(20)21-14-8-7-12-5-3-4-6-13(12)9-14/h3-10H,2,11H2,1H3,(H4,20,21,22,23,24,25)/p+1. The SMILES string of the molecule is CCOC(=O)Cc1cc(=O)[nH]c([NH+]=C(N)Nc2ccc3ccccc3c2)n1. The van der Waals surface area contributed by atoms with Crippen LogP contribution < -0.4 is 21.6 Å². The quantitative estimate of drug-likeness (QED) is 0.290. The number of hydrogen-bond acceptors (Lipinski definition) is 4. The van der Waals surface area contributed by atoms with Crippen molar-refractivity contribution in [3.05, 3.63) is 64.6 Å². The molecule has 0 fully saturated rings. The molecule has 1 heterocycles. The van der Waals surface area contributed by atoms with Crippen molar-refractivity contribution in [1.29, 1.82) is 0 Å². The molecule has 0 aliphatic carbocycles. The number of anilines is 1. The molecule has 0 aliphatic rings. The molecule has 8 nitrogen and oxygen atoms in total. The van der Waals surface area contributed by atoms with Gasteiger partial charge in [-0.25, -0.2) is 9.98 Å². The van der Waals surface area contributed by atoms with E-state index in [1.165, 1.54) is 6.07 Å². The average molecular weight is 366 g/mol. The topological polar surface area (TPSA) is 124 Å². The van der Waals surface area contributed by atoms with E-state index in [0.29, 0.717) is 5.69 Å². The maximum Gasteiger partial charge on any atom is 0.325 e. The van der Waals surface area contributed by atoms with Crippen LogP contribution in [0.1, 0.15) is 12.6 Å². The molecule has 0 spiro atoms. The second-order valence-electron chi connectivity index (χ2n) is 5.79. The minimum absolute atomic E-state index is 0.0928. The lowest BCUT2D eigenvalue weighted by molar-refractivity contribution is -0.365. The Labute approximate surface area is 155 Å². The maximum atomic E-state index is 11.8. The van der Waals surface area contributed by atoms with Crippen LogP contribution >= 0.6 is 0 Å². The highest BCUT2D eigenvalue weighted by molar-refractivity contribution is 5.92. The normalized spacial score (nSPS) is 11.4. The first-order valence-electron chi connectivity index (χ1n) is 8.44. The van der Waals surface area contributed by atoms with E-state index in [0.717, 1.165) is 16.5 Å². The first kappa shape index (κ1) is 18.1. The molecule has 0 saturated carbocycles. The number of nitrogens with two attached hydrogens (primary N) is 1. The van der Waals surface area contributed by atoms with Crippen LogP contribution in [-0.4, -0.2) is 28.5 Å². The Morgan fingerprint density at radius 3 is 2.78 bits per heavy atom. The van der Waals surface area contributed by atoms with Gasteiger partial charge in [-0.2, -0.15) is 0 Å². The van der Waals surface area contributed by atoms with Crippen LogP contribution in [-0.2, 0) is 16.0 Å². The van der Waals surface area contributed by atoms with Crippen molar-refractivity contribution in [2.75, 3.05) is 11.9 Å². The number of guanidine groups is 1.